The van der Waals surface area contributed by atoms with Crippen LogP contribution < -0.4 is 5.73 Å². The van der Waals surface area contributed by atoms with Crippen LogP contribution in [0.25, 0.3) is 0 Å². The number of carbonyl (C=O) groups is 1. The van der Waals surface area contributed by atoms with Crippen molar-refractivity contribution in [3.05, 3.63) is 34.3 Å². The molecule has 1 aromatic rings. The predicted molar refractivity (Wildman–Crippen MR) is 76.4 cm³/mol. The van der Waals surface area contributed by atoms with E-state index >= 15 is 0 Å². The van der Waals surface area contributed by atoms with Crippen molar-refractivity contribution in [2.75, 3.05) is 13.1 Å². The lowest BCUT2D eigenvalue weighted by atomic mass is 9.93. The summed E-state index contributed by atoms with van der Waals surface area (Å²) >= 11 is 3.44. The molecule has 1 aromatic carbocycles. The molecule has 0 radical (unpaired) electrons. The molecule has 2 N–H and O–H groups in total. The van der Waals surface area contributed by atoms with Crippen LogP contribution in [0.3, 0.4) is 0 Å². The van der Waals surface area contributed by atoms with E-state index in [4.69, 9.17) is 5.73 Å². The summed E-state index contributed by atoms with van der Waals surface area (Å²) in [5, 5.41) is 0. The summed E-state index contributed by atoms with van der Waals surface area (Å²) in [6, 6.07) is 7.89. The van der Waals surface area contributed by atoms with Crippen molar-refractivity contribution in [3.63, 3.8) is 0 Å². The average molecular weight is 311 g/mol. The fourth-order valence-corrected chi connectivity index (χ4v) is 2.90. The Morgan fingerprint density at radius 1 is 1.44 bits per heavy atom. The molecule has 2 atom stereocenters. The molecule has 2 rings (SSSR count). The highest BCUT2D eigenvalue weighted by atomic mass is 79.9. The summed E-state index contributed by atoms with van der Waals surface area (Å²) in [6.07, 6.45) is 2.16. The lowest BCUT2D eigenvalue weighted by Gasteiger charge is -2.37. The summed E-state index contributed by atoms with van der Waals surface area (Å²) in [5.74, 6) is 0.542. The third-order valence-electron chi connectivity index (χ3n) is 3.68. The van der Waals surface area contributed by atoms with Crippen LogP contribution in [0.5, 0.6) is 0 Å². The van der Waals surface area contributed by atoms with Crippen LogP contribution >= 0.6 is 15.9 Å². The predicted octanol–water partition coefficient (Wildman–Crippen LogP) is 2.65. The molecule has 1 heterocycles. The van der Waals surface area contributed by atoms with Gasteiger partial charge in [0.15, 0.2) is 0 Å². The van der Waals surface area contributed by atoms with Crippen molar-refractivity contribution < 1.29 is 4.79 Å². The molecule has 0 spiro atoms. The van der Waals surface area contributed by atoms with Crippen LogP contribution in [0.15, 0.2) is 28.7 Å². The topological polar surface area (TPSA) is 46.3 Å². The highest BCUT2D eigenvalue weighted by Crippen LogP contribution is 2.25. The summed E-state index contributed by atoms with van der Waals surface area (Å²) in [5.41, 5.74) is 6.47. The first-order valence-electron chi connectivity index (χ1n) is 6.39. The summed E-state index contributed by atoms with van der Waals surface area (Å²) < 4.78 is 0.858. The van der Waals surface area contributed by atoms with Crippen molar-refractivity contribution in [2.45, 2.75) is 25.8 Å². The maximum Gasteiger partial charge on any atom is 0.255 e. The van der Waals surface area contributed by atoms with Crippen molar-refractivity contribution >= 4 is 21.8 Å². The standard InChI is InChI=1S/C14H19BrN2O/c1-10-6-7-11(8-16)9-17(10)14(18)12-4-2-3-5-13(12)15/h2-5,10-11H,6-9,16H2,1H3. The van der Waals surface area contributed by atoms with Crippen molar-refractivity contribution in [2.24, 2.45) is 11.7 Å². The van der Waals surface area contributed by atoms with Crippen LogP contribution in [-0.2, 0) is 0 Å². The van der Waals surface area contributed by atoms with Crippen LogP contribution in [0.4, 0.5) is 0 Å². The van der Waals surface area contributed by atoms with Gasteiger partial charge in [0.2, 0.25) is 0 Å². The molecule has 4 heteroatoms. The van der Waals surface area contributed by atoms with Gasteiger partial charge in [-0.2, -0.15) is 0 Å². The van der Waals surface area contributed by atoms with E-state index in [0.717, 1.165) is 29.4 Å². The Kier molecular flexibility index (Phi) is 4.40. The maximum absolute atomic E-state index is 12.5. The monoisotopic (exact) mass is 310 g/mol. The molecule has 1 aliphatic heterocycles. The number of halogens is 1. The number of rotatable bonds is 2. The van der Waals surface area contributed by atoms with Crippen LogP contribution in [0.1, 0.15) is 30.1 Å². The van der Waals surface area contributed by atoms with Gasteiger partial charge >= 0.3 is 0 Å². The van der Waals surface area contributed by atoms with Crippen LogP contribution in [0, 0.1) is 5.92 Å². The van der Waals surface area contributed by atoms with Crippen molar-refractivity contribution in [1.82, 2.24) is 4.90 Å². The summed E-state index contributed by atoms with van der Waals surface area (Å²) in [4.78, 5) is 14.5. The molecule has 0 saturated carbocycles. The van der Waals surface area contributed by atoms with Gasteiger partial charge in [-0.3, -0.25) is 4.79 Å². The number of hydrogen-bond acceptors (Lipinski definition) is 2. The molecule has 2 unspecified atom stereocenters. The molecule has 18 heavy (non-hydrogen) atoms. The largest absolute Gasteiger partial charge is 0.336 e. The number of nitrogens with two attached hydrogens (primary N) is 1. The molecule has 1 saturated heterocycles. The van der Waals surface area contributed by atoms with E-state index in [-0.39, 0.29) is 5.91 Å². The normalized spacial score (nSPS) is 24.1. The third kappa shape index (κ3) is 2.75. The molecule has 3 nitrogen and oxygen atoms in total. The Morgan fingerprint density at radius 2 is 2.17 bits per heavy atom. The van der Waals surface area contributed by atoms with E-state index in [1.807, 2.05) is 29.2 Å². The zero-order valence-electron chi connectivity index (χ0n) is 10.6. The second-order valence-corrected chi connectivity index (χ2v) is 5.82. The van der Waals surface area contributed by atoms with Gasteiger partial charge < -0.3 is 10.6 Å². The summed E-state index contributed by atoms with van der Waals surface area (Å²) in [6.45, 7) is 3.55. The Hall–Kier alpha value is -0.870. The van der Waals surface area contributed by atoms with E-state index < -0.39 is 0 Å². The van der Waals surface area contributed by atoms with Gasteiger partial charge in [0, 0.05) is 17.1 Å². The van der Waals surface area contributed by atoms with Crippen LogP contribution in [0.2, 0.25) is 0 Å². The number of benzene rings is 1. The molecule has 1 fully saturated rings. The van der Waals surface area contributed by atoms with Gasteiger partial charge in [0.25, 0.3) is 5.91 Å². The van der Waals surface area contributed by atoms with Crippen molar-refractivity contribution in [3.8, 4) is 0 Å². The van der Waals surface area contributed by atoms with Gasteiger partial charge in [-0.05, 0) is 60.3 Å². The van der Waals surface area contributed by atoms with E-state index in [1.165, 1.54) is 0 Å². The zero-order valence-corrected chi connectivity index (χ0v) is 12.2. The van der Waals surface area contributed by atoms with E-state index in [0.29, 0.717) is 18.5 Å². The summed E-state index contributed by atoms with van der Waals surface area (Å²) in [7, 11) is 0. The molecule has 0 bridgehead atoms. The highest BCUT2D eigenvalue weighted by Gasteiger charge is 2.29. The minimum absolute atomic E-state index is 0.105. The van der Waals surface area contributed by atoms with Gasteiger partial charge in [-0.1, -0.05) is 12.1 Å². The number of piperidine rings is 1. The first kappa shape index (κ1) is 13.6. The van der Waals surface area contributed by atoms with Gasteiger partial charge in [-0.25, -0.2) is 0 Å². The quantitative estimate of drug-likeness (QED) is 0.913. The molecular formula is C14H19BrN2O. The molecular weight excluding hydrogens is 292 g/mol. The Labute approximate surface area is 116 Å². The number of carbonyl (C=O) groups excluding carboxylic acids is 1. The minimum Gasteiger partial charge on any atom is -0.336 e. The first-order valence-corrected chi connectivity index (χ1v) is 7.18. The SMILES string of the molecule is CC1CCC(CN)CN1C(=O)c1ccccc1Br. The van der Waals surface area contributed by atoms with Gasteiger partial charge in [-0.15, -0.1) is 0 Å². The Balaban J connectivity index is 2.19. The smallest absolute Gasteiger partial charge is 0.255 e. The molecule has 0 aliphatic carbocycles. The second kappa shape index (κ2) is 5.85. The molecule has 1 amide bonds. The van der Waals surface area contributed by atoms with Crippen LogP contribution in [-0.4, -0.2) is 29.9 Å². The maximum atomic E-state index is 12.5. The van der Waals surface area contributed by atoms with E-state index in [9.17, 15) is 4.79 Å². The van der Waals surface area contributed by atoms with Crippen molar-refractivity contribution in [1.29, 1.82) is 0 Å². The fourth-order valence-electron chi connectivity index (χ4n) is 2.45. The van der Waals surface area contributed by atoms with E-state index in [1.54, 1.807) is 0 Å². The Morgan fingerprint density at radius 3 is 2.83 bits per heavy atom. The molecule has 98 valence electrons. The fraction of sp³-hybridized carbons (Fsp3) is 0.500. The Bertz CT molecular complexity index is 436. The number of hydrogen-bond donors (Lipinski definition) is 1. The third-order valence-corrected chi connectivity index (χ3v) is 4.37. The van der Waals surface area contributed by atoms with Gasteiger partial charge in [0.05, 0.1) is 5.56 Å². The first-order chi connectivity index (χ1) is 8.63. The number of likely N-dealkylation sites (tertiary alicyclic amines) is 1. The second-order valence-electron chi connectivity index (χ2n) is 4.97. The molecule has 1 aliphatic rings. The minimum atomic E-state index is 0.105. The number of amides is 1. The molecule has 0 aromatic heterocycles. The lowest BCUT2D eigenvalue weighted by molar-refractivity contribution is 0.0566. The van der Waals surface area contributed by atoms with Gasteiger partial charge in [0.1, 0.15) is 0 Å². The average Bonchev–Trinajstić information content (AvgIpc) is 2.39. The number of nitrogens with zero attached hydrogens (tertiary/aromatic N) is 1. The highest BCUT2D eigenvalue weighted by molar-refractivity contribution is 9.10. The lowest BCUT2D eigenvalue weighted by Crippen LogP contribution is -2.47. The zero-order chi connectivity index (χ0) is 13.1. The van der Waals surface area contributed by atoms with E-state index in [2.05, 4.69) is 22.9 Å².